The van der Waals surface area contributed by atoms with E-state index in [-0.39, 0.29) is 5.91 Å². The van der Waals surface area contributed by atoms with Gasteiger partial charge in [-0.2, -0.15) is 0 Å². The summed E-state index contributed by atoms with van der Waals surface area (Å²) in [5, 5.41) is 3.32. The molecule has 1 rings (SSSR count). The van der Waals surface area contributed by atoms with Crippen molar-refractivity contribution in [3.8, 4) is 0 Å². The van der Waals surface area contributed by atoms with Crippen LogP contribution in [-0.4, -0.2) is 68.7 Å². The van der Waals surface area contributed by atoms with Crippen LogP contribution in [0.5, 0.6) is 0 Å². The molecule has 0 aliphatic carbocycles. The lowest BCUT2D eigenvalue weighted by atomic mass is 10.1. The average molecular weight is 284 g/mol. The molecule has 6 nitrogen and oxygen atoms in total. The van der Waals surface area contributed by atoms with E-state index in [1.54, 1.807) is 7.11 Å². The zero-order valence-electron chi connectivity index (χ0n) is 12.9. The molecule has 1 aliphatic heterocycles. The van der Waals surface area contributed by atoms with Crippen molar-refractivity contribution in [1.82, 2.24) is 15.1 Å². The molecule has 0 bridgehead atoms. The summed E-state index contributed by atoms with van der Waals surface area (Å²) in [6.45, 7) is 10.3. The zero-order chi connectivity index (χ0) is 15.0. The first-order chi connectivity index (χ1) is 9.63. The van der Waals surface area contributed by atoms with Crippen LogP contribution in [0.25, 0.3) is 0 Å². The fourth-order valence-electron chi connectivity index (χ4n) is 2.43. The number of nitrogens with zero attached hydrogens (tertiary/aromatic N) is 2. The SMILES string of the molecule is CC/C(C(N)=O)=C(/NCCOC)N1CCN(CC)CC1. The fraction of sp³-hybridized carbons (Fsp3) is 0.786. The summed E-state index contributed by atoms with van der Waals surface area (Å²) in [6.07, 6.45) is 0.638. The molecule has 0 unspecified atom stereocenters. The van der Waals surface area contributed by atoms with Gasteiger partial charge in [-0.05, 0) is 13.0 Å². The third-order valence-corrected chi connectivity index (χ3v) is 3.67. The van der Waals surface area contributed by atoms with Gasteiger partial charge < -0.3 is 25.6 Å². The van der Waals surface area contributed by atoms with Gasteiger partial charge in [-0.15, -0.1) is 0 Å². The van der Waals surface area contributed by atoms with Gasteiger partial charge in [0.2, 0.25) is 5.91 Å². The van der Waals surface area contributed by atoms with E-state index < -0.39 is 0 Å². The van der Waals surface area contributed by atoms with Crippen molar-refractivity contribution in [3.63, 3.8) is 0 Å². The van der Waals surface area contributed by atoms with Gasteiger partial charge in [0.05, 0.1) is 12.2 Å². The van der Waals surface area contributed by atoms with E-state index in [4.69, 9.17) is 10.5 Å². The third kappa shape index (κ3) is 4.68. The average Bonchev–Trinajstić information content (AvgIpc) is 2.46. The molecule has 1 aliphatic rings. The Hall–Kier alpha value is -1.27. The van der Waals surface area contributed by atoms with Crippen molar-refractivity contribution in [1.29, 1.82) is 0 Å². The quantitative estimate of drug-likeness (QED) is 0.484. The number of methoxy groups -OCH3 is 1. The number of carbonyl (C=O) groups excluding carboxylic acids is 1. The maximum Gasteiger partial charge on any atom is 0.248 e. The lowest BCUT2D eigenvalue weighted by Crippen LogP contribution is -2.49. The molecule has 0 aromatic carbocycles. The molecule has 0 spiro atoms. The van der Waals surface area contributed by atoms with Crippen molar-refractivity contribution >= 4 is 5.91 Å². The lowest BCUT2D eigenvalue weighted by Gasteiger charge is -2.37. The molecule has 0 aromatic heterocycles. The van der Waals surface area contributed by atoms with Crippen molar-refractivity contribution in [2.45, 2.75) is 20.3 Å². The summed E-state index contributed by atoms with van der Waals surface area (Å²) in [4.78, 5) is 16.3. The summed E-state index contributed by atoms with van der Waals surface area (Å²) in [7, 11) is 1.67. The first-order valence-electron chi connectivity index (χ1n) is 7.37. The molecule has 0 aromatic rings. The molecule has 1 heterocycles. The predicted molar refractivity (Wildman–Crippen MR) is 80.1 cm³/mol. The van der Waals surface area contributed by atoms with E-state index >= 15 is 0 Å². The van der Waals surface area contributed by atoms with Gasteiger partial charge in [0.1, 0.15) is 5.82 Å². The maximum atomic E-state index is 11.6. The monoisotopic (exact) mass is 284 g/mol. The van der Waals surface area contributed by atoms with E-state index in [0.29, 0.717) is 25.1 Å². The fourth-order valence-corrected chi connectivity index (χ4v) is 2.43. The Morgan fingerprint density at radius 3 is 2.35 bits per heavy atom. The number of primary amides is 1. The third-order valence-electron chi connectivity index (χ3n) is 3.67. The number of hydrogen-bond acceptors (Lipinski definition) is 5. The summed E-state index contributed by atoms with van der Waals surface area (Å²) < 4.78 is 5.06. The van der Waals surface area contributed by atoms with E-state index in [2.05, 4.69) is 22.0 Å². The van der Waals surface area contributed by atoms with Crippen LogP contribution in [-0.2, 0) is 9.53 Å². The van der Waals surface area contributed by atoms with Gasteiger partial charge in [-0.25, -0.2) is 0 Å². The molecule has 20 heavy (non-hydrogen) atoms. The van der Waals surface area contributed by atoms with Gasteiger partial charge in [0, 0.05) is 39.8 Å². The van der Waals surface area contributed by atoms with Crippen LogP contribution >= 0.6 is 0 Å². The Bertz CT molecular complexity index is 336. The lowest BCUT2D eigenvalue weighted by molar-refractivity contribution is -0.114. The minimum absolute atomic E-state index is 0.342. The molecule has 1 saturated heterocycles. The second-order valence-corrected chi connectivity index (χ2v) is 4.89. The second kappa shape index (κ2) is 8.81. The van der Waals surface area contributed by atoms with E-state index in [1.165, 1.54) is 0 Å². The molecular formula is C14H28N4O2. The molecule has 1 fully saturated rings. The summed E-state index contributed by atoms with van der Waals surface area (Å²) in [5.74, 6) is 0.540. The minimum Gasteiger partial charge on any atom is -0.383 e. The number of rotatable bonds is 8. The van der Waals surface area contributed by atoms with Crippen molar-refractivity contribution in [2.24, 2.45) is 5.73 Å². The Balaban J connectivity index is 2.79. The van der Waals surface area contributed by atoms with Crippen LogP contribution in [0.4, 0.5) is 0 Å². The molecule has 0 atom stereocenters. The Labute approximate surface area is 121 Å². The number of ether oxygens (including phenoxy) is 1. The standard InChI is InChI=1S/C14H28N4O2/c1-4-12(13(15)19)14(16-6-11-20-3)18-9-7-17(5-2)8-10-18/h16H,4-11H2,1-3H3,(H2,15,19)/b14-12+. The molecular weight excluding hydrogens is 256 g/mol. The number of piperazine rings is 1. The second-order valence-electron chi connectivity index (χ2n) is 4.89. The number of carbonyl (C=O) groups is 1. The van der Waals surface area contributed by atoms with E-state index in [9.17, 15) is 4.79 Å². The minimum atomic E-state index is -0.342. The Kier molecular flexibility index (Phi) is 7.40. The van der Waals surface area contributed by atoms with Crippen LogP contribution in [0.2, 0.25) is 0 Å². The topological polar surface area (TPSA) is 70.8 Å². The van der Waals surface area contributed by atoms with Gasteiger partial charge in [-0.3, -0.25) is 4.79 Å². The maximum absolute atomic E-state index is 11.6. The summed E-state index contributed by atoms with van der Waals surface area (Å²) in [6, 6.07) is 0. The zero-order valence-corrected chi connectivity index (χ0v) is 12.9. The van der Waals surface area contributed by atoms with Gasteiger partial charge in [0.15, 0.2) is 0 Å². The largest absolute Gasteiger partial charge is 0.383 e. The Morgan fingerprint density at radius 1 is 1.25 bits per heavy atom. The van der Waals surface area contributed by atoms with Crippen LogP contribution in [0, 0.1) is 0 Å². The van der Waals surface area contributed by atoms with Crippen LogP contribution in [0.3, 0.4) is 0 Å². The van der Waals surface area contributed by atoms with Crippen LogP contribution < -0.4 is 11.1 Å². The molecule has 0 saturated carbocycles. The van der Waals surface area contributed by atoms with E-state index in [1.807, 2.05) is 6.92 Å². The predicted octanol–water partition coefficient (Wildman–Crippen LogP) is -0.0332. The van der Waals surface area contributed by atoms with Gasteiger partial charge in [-0.1, -0.05) is 13.8 Å². The first-order valence-corrected chi connectivity index (χ1v) is 7.37. The molecule has 1 amide bonds. The van der Waals surface area contributed by atoms with Crippen molar-refractivity contribution in [2.75, 3.05) is 53.0 Å². The normalized spacial score (nSPS) is 17.9. The van der Waals surface area contributed by atoms with Gasteiger partial charge in [0.25, 0.3) is 0 Å². The highest BCUT2D eigenvalue weighted by Crippen LogP contribution is 2.14. The molecule has 3 N–H and O–H groups in total. The summed E-state index contributed by atoms with van der Waals surface area (Å²) in [5.41, 5.74) is 6.18. The highest BCUT2D eigenvalue weighted by molar-refractivity contribution is 5.92. The number of nitrogens with one attached hydrogen (secondary N) is 1. The smallest absolute Gasteiger partial charge is 0.248 e. The van der Waals surface area contributed by atoms with Gasteiger partial charge >= 0.3 is 0 Å². The molecule has 116 valence electrons. The van der Waals surface area contributed by atoms with Crippen LogP contribution in [0.15, 0.2) is 11.4 Å². The number of nitrogens with two attached hydrogens (primary N) is 1. The van der Waals surface area contributed by atoms with Crippen molar-refractivity contribution in [3.05, 3.63) is 11.4 Å². The highest BCUT2D eigenvalue weighted by Gasteiger charge is 2.21. The highest BCUT2D eigenvalue weighted by atomic mass is 16.5. The number of likely N-dealkylation sites (N-methyl/N-ethyl adjacent to an activating group) is 1. The first kappa shape index (κ1) is 16.8. The van der Waals surface area contributed by atoms with E-state index in [0.717, 1.165) is 38.5 Å². The molecule has 6 heteroatoms. The Morgan fingerprint density at radius 2 is 1.90 bits per heavy atom. The number of hydrogen-bond donors (Lipinski definition) is 2. The molecule has 0 radical (unpaired) electrons. The number of amides is 1. The summed E-state index contributed by atoms with van der Waals surface area (Å²) >= 11 is 0. The van der Waals surface area contributed by atoms with Crippen molar-refractivity contribution < 1.29 is 9.53 Å². The van der Waals surface area contributed by atoms with Crippen LogP contribution in [0.1, 0.15) is 20.3 Å².